The Morgan fingerprint density at radius 1 is 1.62 bits per heavy atom. The van der Waals surface area contributed by atoms with Crippen LogP contribution in [0.5, 0.6) is 0 Å². The molecule has 0 unspecified atom stereocenters. The number of carbonyl (C=O) groups is 1. The lowest BCUT2D eigenvalue weighted by Gasteiger charge is -2.03. The zero-order valence-corrected chi connectivity index (χ0v) is 8.94. The molecule has 0 saturated carbocycles. The van der Waals surface area contributed by atoms with Gasteiger partial charge in [-0.05, 0) is 25.8 Å². The standard InChI is InChI=1S/C7H3BrF2N2O4/c8-2-1-3(7(13)14)11-6(12(15)16)4(2)5(9)10/h1,5H,(H,13,14). The lowest BCUT2D eigenvalue weighted by molar-refractivity contribution is -0.391. The predicted octanol–water partition coefficient (Wildman–Crippen LogP) is 2.39. The van der Waals surface area contributed by atoms with Gasteiger partial charge in [0.1, 0.15) is 5.56 Å². The van der Waals surface area contributed by atoms with Crippen LogP contribution >= 0.6 is 15.9 Å². The molecule has 0 fully saturated rings. The molecular formula is C7H3BrF2N2O4. The quantitative estimate of drug-likeness (QED) is 0.683. The maximum Gasteiger partial charge on any atom is 0.380 e. The van der Waals surface area contributed by atoms with Crippen LogP contribution in [0.15, 0.2) is 10.5 Å². The molecule has 86 valence electrons. The summed E-state index contributed by atoms with van der Waals surface area (Å²) in [6, 6.07) is 0.789. The number of aromatic nitrogens is 1. The average molecular weight is 297 g/mol. The Bertz CT molecular complexity index is 466. The van der Waals surface area contributed by atoms with Gasteiger partial charge in [-0.25, -0.2) is 13.6 Å². The van der Waals surface area contributed by atoms with Crippen LogP contribution in [0.1, 0.15) is 22.5 Å². The van der Waals surface area contributed by atoms with E-state index in [2.05, 4.69) is 20.9 Å². The zero-order chi connectivity index (χ0) is 12.5. The second kappa shape index (κ2) is 4.47. The first-order chi connectivity index (χ1) is 7.34. The van der Waals surface area contributed by atoms with Crippen molar-refractivity contribution in [3.63, 3.8) is 0 Å². The van der Waals surface area contributed by atoms with Gasteiger partial charge in [-0.1, -0.05) is 0 Å². The summed E-state index contributed by atoms with van der Waals surface area (Å²) in [6.07, 6.45) is -3.12. The smallest absolute Gasteiger partial charge is 0.380 e. The third-order valence-corrected chi connectivity index (χ3v) is 2.25. The molecule has 0 saturated heterocycles. The number of hydrogen-bond donors (Lipinski definition) is 1. The number of nitrogens with zero attached hydrogens (tertiary/aromatic N) is 2. The topological polar surface area (TPSA) is 93.3 Å². The van der Waals surface area contributed by atoms with Crippen molar-refractivity contribution in [2.75, 3.05) is 0 Å². The molecule has 0 aliphatic rings. The molecule has 0 aliphatic heterocycles. The molecular weight excluding hydrogens is 294 g/mol. The van der Waals surface area contributed by atoms with Crippen molar-refractivity contribution >= 4 is 27.7 Å². The molecule has 0 aromatic carbocycles. The van der Waals surface area contributed by atoms with E-state index < -0.39 is 34.4 Å². The third kappa shape index (κ3) is 2.30. The van der Waals surface area contributed by atoms with Crippen molar-refractivity contribution in [3.8, 4) is 0 Å². The number of carboxylic acid groups (broad SMARTS) is 1. The molecule has 1 aromatic heterocycles. The maximum atomic E-state index is 12.5. The summed E-state index contributed by atoms with van der Waals surface area (Å²) in [5.74, 6) is -2.70. The monoisotopic (exact) mass is 296 g/mol. The maximum absolute atomic E-state index is 12.5. The van der Waals surface area contributed by atoms with Gasteiger partial charge >= 0.3 is 11.8 Å². The number of nitro groups is 1. The first kappa shape index (κ1) is 12.4. The van der Waals surface area contributed by atoms with Gasteiger partial charge in [-0.2, -0.15) is 0 Å². The molecule has 0 amide bonds. The van der Waals surface area contributed by atoms with Crippen molar-refractivity contribution in [3.05, 3.63) is 31.9 Å². The van der Waals surface area contributed by atoms with Crippen molar-refractivity contribution in [1.82, 2.24) is 4.98 Å². The Balaban J connectivity index is 3.52. The number of halogens is 3. The number of pyridine rings is 1. The van der Waals surface area contributed by atoms with Gasteiger partial charge < -0.3 is 15.2 Å². The summed E-state index contributed by atoms with van der Waals surface area (Å²) in [4.78, 5) is 22.9. The molecule has 0 radical (unpaired) electrons. The third-order valence-electron chi connectivity index (χ3n) is 1.60. The summed E-state index contributed by atoms with van der Waals surface area (Å²) in [7, 11) is 0. The Kier molecular flexibility index (Phi) is 3.48. The van der Waals surface area contributed by atoms with Gasteiger partial charge in [0, 0.05) is 10.5 Å². The van der Waals surface area contributed by atoms with Gasteiger partial charge in [0.15, 0.2) is 0 Å². The van der Waals surface area contributed by atoms with Crippen LogP contribution in [0.25, 0.3) is 0 Å². The minimum atomic E-state index is -3.12. The molecule has 1 aromatic rings. The van der Waals surface area contributed by atoms with E-state index in [1.54, 1.807) is 0 Å². The van der Waals surface area contributed by atoms with Crippen LogP contribution < -0.4 is 0 Å². The molecule has 0 bridgehead atoms. The van der Waals surface area contributed by atoms with E-state index >= 15 is 0 Å². The SMILES string of the molecule is O=C(O)c1cc(Br)c(C(F)F)c([N+](=O)[O-])n1. The number of carboxylic acids is 1. The molecule has 1 heterocycles. The lowest BCUT2D eigenvalue weighted by atomic mass is 10.2. The number of rotatable bonds is 3. The van der Waals surface area contributed by atoms with Crippen LogP contribution in [-0.4, -0.2) is 21.0 Å². The van der Waals surface area contributed by atoms with E-state index in [0.717, 1.165) is 6.07 Å². The molecule has 6 nitrogen and oxygen atoms in total. The molecule has 1 rings (SSSR count). The Labute approximate surface area is 95.2 Å². The minimum absolute atomic E-state index is 0.360. The van der Waals surface area contributed by atoms with Crippen molar-refractivity contribution in [2.45, 2.75) is 6.43 Å². The number of alkyl halides is 2. The highest BCUT2D eigenvalue weighted by Crippen LogP contribution is 2.34. The van der Waals surface area contributed by atoms with E-state index in [1.807, 2.05) is 0 Å². The predicted molar refractivity (Wildman–Crippen MR) is 50.5 cm³/mol. The van der Waals surface area contributed by atoms with Gasteiger partial charge in [-0.15, -0.1) is 0 Å². The van der Waals surface area contributed by atoms with Gasteiger partial charge in [0.05, 0.1) is 0 Å². The summed E-state index contributed by atoms with van der Waals surface area (Å²) >= 11 is 2.65. The van der Waals surface area contributed by atoms with Crippen LogP contribution in [0, 0.1) is 10.1 Å². The number of hydrogen-bond acceptors (Lipinski definition) is 4. The molecule has 9 heteroatoms. The fourth-order valence-electron chi connectivity index (χ4n) is 0.962. The highest BCUT2D eigenvalue weighted by molar-refractivity contribution is 9.10. The first-order valence-electron chi connectivity index (χ1n) is 3.71. The van der Waals surface area contributed by atoms with E-state index in [-0.39, 0.29) is 4.47 Å². The van der Waals surface area contributed by atoms with E-state index in [9.17, 15) is 23.7 Å². The molecule has 0 atom stereocenters. The molecule has 0 aliphatic carbocycles. The Hall–Kier alpha value is -1.64. The van der Waals surface area contributed by atoms with Gasteiger partial charge in [0.25, 0.3) is 12.1 Å². The fourth-order valence-corrected chi connectivity index (χ4v) is 1.53. The summed E-state index contributed by atoms with van der Waals surface area (Å²) in [5, 5.41) is 19.0. The zero-order valence-electron chi connectivity index (χ0n) is 7.35. The average Bonchev–Trinajstić information content (AvgIpc) is 2.15. The molecule has 16 heavy (non-hydrogen) atoms. The van der Waals surface area contributed by atoms with Crippen molar-refractivity contribution < 1.29 is 23.6 Å². The van der Waals surface area contributed by atoms with Gasteiger partial charge in [0.2, 0.25) is 0 Å². The fraction of sp³-hybridized carbons (Fsp3) is 0.143. The van der Waals surface area contributed by atoms with E-state index in [4.69, 9.17) is 5.11 Å². The normalized spacial score (nSPS) is 10.5. The van der Waals surface area contributed by atoms with Gasteiger partial charge in [-0.3, -0.25) is 0 Å². The molecule has 1 N–H and O–H groups in total. The number of aromatic carboxylic acids is 1. The second-order valence-electron chi connectivity index (χ2n) is 2.59. The van der Waals surface area contributed by atoms with Crippen LogP contribution in [-0.2, 0) is 0 Å². The lowest BCUT2D eigenvalue weighted by Crippen LogP contribution is -2.07. The van der Waals surface area contributed by atoms with Crippen LogP contribution in [0.4, 0.5) is 14.6 Å². The molecule has 0 spiro atoms. The largest absolute Gasteiger partial charge is 0.475 e. The van der Waals surface area contributed by atoms with Crippen LogP contribution in [0.3, 0.4) is 0 Å². The van der Waals surface area contributed by atoms with Crippen molar-refractivity contribution in [2.24, 2.45) is 0 Å². The van der Waals surface area contributed by atoms with E-state index in [1.165, 1.54) is 0 Å². The Morgan fingerprint density at radius 3 is 2.56 bits per heavy atom. The highest BCUT2D eigenvalue weighted by Gasteiger charge is 2.29. The Morgan fingerprint density at radius 2 is 2.19 bits per heavy atom. The van der Waals surface area contributed by atoms with Crippen molar-refractivity contribution in [1.29, 1.82) is 0 Å². The first-order valence-corrected chi connectivity index (χ1v) is 4.50. The van der Waals surface area contributed by atoms with E-state index in [0.29, 0.717) is 0 Å². The highest BCUT2D eigenvalue weighted by atomic mass is 79.9. The summed E-state index contributed by atoms with van der Waals surface area (Å²) < 4.78 is 24.6. The minimum Gasteiger partial charge on any atom is -0.475 e. The second-order valence-corrected chi connectivity index (χ2v) is 3.44. The van der Waals surface area contributed by atoms with Crippen LogP contribution in [0.2, 0.25) is 0 Å². The summed E-state index contributed by atoms with van der Waals surface area (Å²) in [6.45, 7) is 0. The summed E-state index contributed by atoms with van der Waals surface area (Å²) in [5.41, 5.74) is -1.61.